The highest BCUT2D eigenvalue weighted by Crippen LogP contribution is 2.10. The van der Waals surface area contributed by atoms with Gasteiger partial charge in [-0.2, -0.15) is 5.10 Å². The first-order valence-corrected chi connectivity index (χ1v) is 4.61. The Kier molecular flexibility index (Phi) is 2.35. The average Bonchev–Trinajstić information content (AvgIpc) is 2.75. The van der Waals surface area contributed by atoms with Gasteiger partial charge in [0.25, 0.3) is 0 Å². The maximum atomic E-state index is 11.6. The maximum absolute atomic E-state index is 11.6. The molecule has 1 aliphatic rings. The summed E-state index contributed by atoms with van der Waals surface area (Å²) in [5.41, 5.74) is 1.05. The third-order valence-electron chi connectivity index (χ3n) is 2.05. The Bertz CT molecular complexity index is 379. The second-order valence-electron chi connectivity index (χ2n) is 3.34. The first-order valence-electron chi connectivity index (χ1n) is 4.61. The molecule has 0 N–H and O–H groups in total. The van der Waals surface area contributed by atoms with Crippen LogP contribution in [0.1, 0.15) is 12.0 Å². The van der Waals surface area contributed by atoms with Gasteiger partial charge in [-0.3, -0.25) is 9.48 Å². The number of aromatic nitrogens is 2. The van der Waals surface area contributed by atoms with Gasteiger partial charge >= 0.3 is 0 Å². The SMILES string of the molecule is Cc1cnn(CC(=O)C2=CCCO2)c1. The highest BCUT2D eigenvalue weighted by atomic mass is 16.5. The van der Waals surface area contributed by atoms with E-state index in [0.29, 0.717) is 12.4 Å². The molecule has 0 bridgehead atoms. The molecule has 2 heterocycles. The van der Waals surface area contributed by atoms with E-state index >= 15 is 0 Å². The molecule has 0 aromatic carbocycles. The second kappa shape index (κ2) is 3.65. The van der Waals surface area contributed by atoms with Crippen LogP contribution in [0.5, 0.6) is 0 Å². The second-order valence-corrected chi connectivity index (χ2v) is 3.34. The van der Waals surface area contributed by atoms with Gasteiger partial charge in [-0.1, -0.05) is 0 Å². The Morgan fingerprint density at radius 3 is 3.14 bits per heavy atom. The van der Waals surface area contributed by atoms with E-state index in [9.17, 15) is 4.79 Å². The van der Waals surface area contributed by atoms with E-state index in [1.165, 1.54) is 0 Å². The normalized spacial score (nSPS) is 15.1. The van der Waals surface area contributed by atoms with E-state index in [-0.39, 0.29) is 12.3 Å². The predicted molar refractivity (Wildman–Crippen MR) is 50.6 cm³/mol. The summed E-state index contributed by atoms with van der Waals surface area (Å²) in [5, 5.41) is 4.04. The molecule has 0 saturated carbocycles. The van der Waals surface area contributed by atoms with Gasteiger partial charge in [-0.05, 0) is 18.6 Å². The highest BCUT2D eigenvalue weighted by molar-refractivity contribution is 5.93. The number of Topliss-reactive ketones (excluding diaryl/α,β-unsaturated/α-hetero) is 1. The van der Waals surface area contributed by atoms with Crippen LogP contribution in [0.3, 0.4) is 0 Å². The number of allylic oxidation sites excluding steroid dienone is 1. The third-order valence-corrected chi connectivity index (χ3v) is 2.05. The molecule has 0 amide bonds. The molecule has 0 spiro atoms. The number of ether oxygens (including phenoxy) is 1. The van der Waals surface area contributed by atoms with Crippen molar-refractivity contribution in [3.05, 3.63) is 29.8 Å². The van der Waals surface area contributed by atoms with E-state index < -0.39 is 0 Å². The van der Waals surface area contributed by atoms with Crippen molar-refractivity contribution in [1.82, 2.24) is 9.78 Å². The summed E-state index contributed by atoms with van der Waals surface area (Å²) in [6.07, 6.45) is 6.24. The van der Waals surface area contributed by atoms with Crippen molar-refractivity contribution in [2.24, 2.45) is 0 Å². The van der Waals surface area contributed by atoms with Crippen LogP contribution >= 0.6 is 0 Å². The van der Waals surface area contributed by atoms with E-state index in [2.05, 4.69) is 5.10 Å². The molecular formula is C10H12N2O2. The van der Waals surface area contributed by atoms with Crippen molar-refractivity contribution in [3.8, 4) is 0 Å². The van der Waals surface area contributed by atoms with Crippen LogP contribution in [0.25, 0.3) is 0 Å². The maximum Gasteiger partial charge on any atom is 0.218 e. The van der Waals surface area contributed by atoms with Crippen LogP contribution in [0.4, 0.5) is 0 Å². The molecule has 74 valence electrons. The van der Waals surface area contributed by atoms with Gasteiger partial charge in [-0.15, -0.1) is 0 Å². The number of hydrogen-bond acceptors (Lipinski definition) is 3. The lowest BCUT2D eigenvalue weighted by Crippen LogP contribution is -2.13. The Morgan fingerprint density at radius 2 is 2.57 bits per heavy atom. The zero-order valence-electron chi connectivity index (χ0n) is 8.06. The van der Waals surface area contributed by atoms with E-state index in [4.69, 9.17) is 4.74 Å². The fourth-order valence-electron chi connectivity index (χ4n) is 1.39. The van der Waals surface area contributed by atoms with Gasteiger partial charge in [0, 0.05) is 12.6 Å². The summed E-state index contributed by atoms with van der Waals surface area (Å²) in [6.45, 7) is 2.83. The van der Waals surface area contributed by atoms with Crippen molar-refractivity contribution in [1.29, 1.82) is 0 Å². The molecule has 0 saturated heterocycles. The molecule has 4 heteroatoms. The van der Waals surface area contributed by atoms with Crippen molar-refractivity contribution in [3.63, 3.8) is 0 Å². The summed E-state index contributed by atoms with van der Waals surface area (Å²) < 4.78 is 6.79. The molecule has 0 unspecified atom stereocenters. The van der Waals surface area contributed by atoms with Crippen LogP contribution in [0.2, 0.25) is 0 Å². The first-order chi connectivity index (χ1) is 6.75. The lowest BCUT2D eigenvalue weighted by Gasteiger charge is -2.02. The molecule has 14 heavy (non-hydrogen) atoms. The topological polar surface area (TPSA) is 44.1 Å². The monoisotopic (exact) mass is 192 g/mol. The first kappa shape index (κ1) is 8.99. The molecule has 2 rings (SSSR count). The fourth-order valence-corrected chi connectivity index (χ4v) is 1.39. The van der Waals surface area contributed by atoms with Gasteiger partial charge in [-0.25, -0.2) is 0 Å². The summed E-state index contributed by atoms with van der Waals surface area (Å²) in [6, 6.07) is 0. The van der Waals surface area contributed by atoms with E-state index in [1.807, 2.05) is 19.2 Å². The van der Waals surface area contributed by atoms with E-state index in [1.54, 1.807) is 10.9 Å². The Balaban J connectivity index is 2.01. The zero-order valence-corrected chi connectivity index (χ0v) is 8.06. The number of carbonyl (C=O) groups is 1. The summed E-state index contributed by atoms with van der Waals surface area (Å²) in [4.78, 5) is 11.6. The van der Waals surface area contributed by atoms with Crippen LogP contribution in [0, 0.1) is 6.92 Å². The Hall–Kier alpha value is -1.58. The van der Waals surface area contributed by atoms with Crippen LogP contribution < -0.4 is 0 Å². The number of hydrogen-bond donors (Lipinski definition) is 0. The molecule has 1 aromatic rings. The van der Waals surface area contributed by atoms with Crippen LogP contribution in [0.15, 0.2) is 24.2 Å². The van der Waals surface area contributed by atoms with Crippen molar-refractivity contribution in [2.75, 3.05) is 6.61 Å². The molecule has 1 aromatic heterocycles. The van der Waals surface area contributed by atoms with E-state index in [0.717, 1.165) is 12.0 Å². The number of aryl methyl sites for hydroxylation is 1. The van der Waals surface area contributed by atoms with Crippen molar-refractivity contribution < 1.29 is 9.53 Å². The lowest BCUT2D eigenvalue weighted by atomic mass is 10.3. The molecule has 1 aliphatic heterocycles. The zero-order chi connectivity index (χ0) is 9.97. The molecule has 0 aliphatic carbocycles. The number of nitrogens with zero attached hydrogens (tertiary/aromatic N) is 2. The minimum atomic E-state index is -0.00870. The standard InChI is InChI=1S/C10H12N2O2/c1-8-5-11-12(6-8)7-9(13)10-3-2-4-14-10/h3,5-6H,2,4,7H2,1H3. The Morgan fingerprint density at radius 1 is 1.71 bits per heavy atom. The van der Waals surface area contributed by atoms with Gasteiger partial charge in [0.05, 0.1) is 12.8 Å². The third kappa shape index (κ3) is 1.84. The quantitative estimate of drug-likeness (QED) is 0.719. The smallest absolute Gasteiger partial charge is 0.218 e. The van der Waals surface area contributed by atoms with Gasteiger partial charge in [0.15, 0.2) is 5.76 Å². The average molecular weight is 192 g/mol. The summed E-state index contributed by atoms with van der Waals surface area (Å²) >= 11 is 0. The highest BCUT2D eigenvalue weighted by Gasteiger charge is 2.15. The summed E-state index contributed by atoms with van der Waals surface area (Å²) in [7, 11) is 0. The number of rotatable bonds is 3. The lowest BCUT2D eigenvalue weighted by molar-refractivity contribution is -0.119. The fraction of sp³-hybridized carbons (Fsp3) is 0.400. The number of carbonyl (C=O) groups excluding carboxylic acids is 1. The van der Waals surface area contributed by atoms with Crippen molar-refractivity contribution >= 4 is 5.78 Å². The molecule has 0 radical (unpaired) electrons. The van der Waals surface area contributed by atoms with Gasteiger partial charge in [0.2, 0.25) is 5.78 Å². The molecular weight excluding hydrogens is 180 g/mol. The number of ketones is 1. The molecule has 0 fully saturated rings. The van der Waals surface area contributed by atoms with Crippen LogP contribution in [-0.4, -0.2) is 22.2 Å². The van der Waals surface area contributed by atoms with Gasteiger partial charge in [0.1, 0.15) is 6.54 Å². The molecule has 0 atom stereocenters. The Labute approximate surface area is 82.2 Å². The largest absolute Gasteiger partial charge is 0.490 e. The minimum Gasteiger partial charge on any atom is -0.490 e. The predicted octanol–water partition coefficient (Wildman–Crippen LogP) is 1.06. The molecule has 4 nitrogen and oxygen atoms in total. The van der Waals surface area contributed by atoms with Gasteiger partial charge < -0.3 is 4.74 Å². The van der Waals surface area contributed by atoms with Crippen molar-refractivity contribution in [2.45, 2.75) is 19.9 Å². The summed E-state index contributed by atoms with van der Waals surface area (Å²) in [5.74, 6) is 0.476. The van der Waals surface area contributed by atoms with Crippen LogP contribution in [-0.2, 0) is 16.1 Å². The minimum absolute atomic E-state index is 0.00870.